The van der Waals surface area contributed by atoms with Crippen LogP contribution < -0.4 is 0 Å². The molecule has 0 aromatic heterocycles. The van der Waals surface area contributed by atoms with Crippen LogP contribution in [0.2, 0.25) is 0 Å². The lowest BCUT2D eigenvalue weighted by molar-refractivity contribution is -0.844. The highest BCUT2D eigenvalue weighted by molar-refractivity contribution is 4.79. The first kappa shape index (κ1) is 8.02. The van der Waals surface area contributed by atoms with Gasteiger partial charge in [-0.2, -0.15) is 0 Å². The fourth-order valence-electron chi connectivity index (χ4n) is 1.45. The molecule has 0 bridgehead atoms. The third-order valence-electron chi connectivity index (χ3n) is 3.01. The molecule has 1 fully saturated rings. The number of rotatable bonds is 1. The van der Waals surface area contributed by atoms with E-state index in [0.717, 1.165) is 11.0 Å². The van der Waals surface area contributed by atoms with Gasteiger partial charge in [0.25, 0.3) is 0 Å². The van der Waals surface area contributed by atoms with Crippen LogP contribution in [0.5, 0.6) is 0 Å². The second-order valence-electron chi connectivity index (χ2n) is 4.46. The van der Waals surface area contributed by atoms with E-state index in [2.05, 4.69) is 27.8 Å². The van der Waals surface area contributed by atoms with Crippen LogP contribution in [0.15, 0.2) is 0 Å². The molecular formula is C8H18NO+. The van der Waals surface area contributed by atoms with Gasteiger partial charge in [0.15, 0.2) is 6.04 Å². The standard InChI is InChI=1S/C8H18NO/c1-8(2,3)9(4)5-7(9)6-10/h7,10H,5-6H2,1-4H3/q+1. The van der Waals surface area contributed by atoms with Gasteiger partial charge in [0, 0.05) is 0 Å². The van der Waals surface area contributed by atoms with Gasteiger partial charge in [0.1, 0.15) is 13.2 Å². The van der Waals surface area contributed by atoms with Gasteiger partial charge in [-0.05, 0) is 20.8 Å². The van der Waals surface area contributed by atoms with E-state index in [0.29, 0.717) is 18.2 Å². The molecule has 0 aromatic carbocycles. The third kappa shape index (κ3) is 0.956. The van der Waals surface area contributed by atoms with Gasteiger partial charge in [-0.15, -0.1) is 0 Å². The molecule has 2 unspecified atom stereocenters. The molecule has 1 saturated heterocycles. The van der Waals surface area contributed by atoms with Crippen LogP contribution in [0, 0.1) is 0 Å². The molecule has 0 aliphatic carbocycles. The van der Waals surface area contributed by atoms with Crippen LogP contribution in [0.4, 0.5) is 0 Å². The molecule has 0 spiro atoms. The van der Waals surface area contributed by atoms with Crippen molar-refractivity contribution in [2.75, 3.05) is 20.2 Å². The summed E-state index contributed by atoms with van der Waals surface area (Å²) in [7, 11) is 2.21. The van der Waals surface area contributed by atoms with Crippen molar-refractivity contribution in [1.29, 1.82) is 0 Å². The zero-order chi connectivity index (χ0) is 7.99. The number of hydrogen-bond acceptors (Lipinski definition) is 1. The number of aliphatic hydroxyl groups is 1. The van der Waals surface area contributed by atoms with Gasteiger partial charge in [-0.25, -0.2) is 0 Å². The van der Waals surface area contributed by atoms with Crippen LogP contribution in [0.3, 0.4) is 0 Å². The highest BCUT2D eigenvalue weighted by Gasteiger charge is 2.57. The minimum absolute atomic E-state index is 0.299. The monoisotopic (exact) mass is 144 g/mol. The van der Waals surface area contributed by atoms with E-state index < -0.39 is 0 Å². The Morgan fingerprint density at radius 3 is 2.10 bits per heavy atom. The fourth-order valence-corrected chi connectivity index (χ4v) is 1.45. The average Bonchev–Trinajstić information content (AvgIpc) is 2.41. The maximum atomic E-state index is 8.89. The van der Waals surface area contributed by atoms with Crippen LogP contribution in [0.1, 0.15) is 20.8 Å². The predicted octanol–water partition coefficient (Wildman–Crippen LogP) is 0.606. The minimum Gasteiger partial charge on any atom is -0.390 e. The number of nitrogens with zero attached hydrogens (tertiary/aromatic N) is 1. The summed E-state index contributed by atoms with van der Waals surface area (Å²) in [5.74, 6) is 0. The van der Waals surface area contributed by atoms with E-state index in [9.17, 15) is 0 Å². The number of hydrogen-bond donors (Lipinski definition) is 1. The maximum Gasteiger partial charge on any atom is 0.162 e. The molecule has 1 heterocycles. The molecule has 0 aromatic rings. The second-order valence-corrected chi connectivity index (χ2v) is 4.46. The Labute approximate surface area is 63.1 Å². The Hall–Kier alpha value is -0.0800. The maximum absolute atomic E-state index is 8.89. The van der Waals surface area contributed by atoms with Crippen molar-refractivity contribution in [1.82, 2.24) is 0 Å². The Balaban J connectivity index is 2.59. The third-order valence-corrected chi connectivity index (χ3v) is 3.01. The number of quaternary nitrogens is 1. The van der Waals surface area contributed by atoms with Crippen LogP contribution in [0.25, 0.3) is 0 Å². The summed E-state index contributed by atoms with van der Waals surface area (Å²) in [5, 5.41) is 8.89. The lowest BCUT2D eigenvalue weighted by atomic mass is 10.1. The highest BCUT2D eigenvalue weighted by Crippen LogP contribution is 2.37. The van der Waals surface area contributed by atoms with Crippen LogP contribution in [-0.4, -0.2) is 41.4 Å². The van der Waals surface area contributed by atoms with Crippen molar-refractivity contribution >= 4 is 0 Å². The quantitative estimate of drug-likeness (QED) is 0.422. The summed E-state index contributed by atoms with van der Waals surface area (Å²) in [5.41, 5.74) is 0.299. The van der Waals surface area contributed by atoms with Gasteiger partial charge < -0.3 is 9.59 Å². The van der Waals surface area contributed by atoms with E-state index in [1.807, 2.05) is 0 Å². The predicted molar refractivity (Wildman–Crippen MR) is 41.7 cm³/mol. The smallest absolute Gasteiger partial charge is 0.162 e. The summed E-state index contributed by atoms with van der Waals surface area (Å²) in [6, 6.07) is 0.500. The zero-order valence-electron chi connectivity index (χ0n) is 7.39. The van der Waals surface area contributed by atoms with Crippen molar-refractivity contribution in [2.24, 2.45) is 0 Å². The van der Waals surface area contributed by atoms with Crippen molar-refractivity contribution in [3.63, 3.8) is 0 Å². The first-order chi connectivity index (χ1) is 4.42. The summed E-state index contributed by atoms with van der Waals surface area (Å²) in [6.07, 6.45) is 0. The highest BCUT2D eigenvalue weighted by atomic mass is 16.3. The lowest BCUT2D eigenvalue weighted by Crippen LogP contribution is -2.43. The molecule has 10 heavy (non-hydrogen) atoms. The minimum atomic E-state index is 0.299. The fraction of sp³-hybridized carbons (Fsp3) is 1.00. The Morgan fingerprint density at radius 2 is 2.00 bits per heavy atom. The first-order valence-corrected chi connectivity index (χ1v) is 3.88. The van der Waals surface area contributed by atoms with Gasteiger partial charge >= 0.3 is 0 Å². The first-order valence-electron chi connectivity index (χ1n) is 3.88. The van der Waals surface area contributed by atoms with Gasteiger partial charge in [0.2, 0.25) is 0 Å². The molecule has 60 valence electrons. The van der Waals surface area contributed by atoms with Crippen LogP contribution in [-0.2, 0) is 0 Å². The molecule has 2 nitrogen and oxygen atoms in total. The summed E-state index contributed by atoms with van der Waals surface area (Å²) in [4.78, 5) is 0. The van der Waals surface area contributed by atoms with E-state index >= 15 is 0 Å². The Morgan fingerprint density at radius 1 is 1.50 bits per heavy atom. The molecular weight excluding hydrogens is 126 g/mol. The molecule has 1 aliphatic heterocycles. The summed E-state index contributed by atoms with van der Waals surface area (Å²) < 4.78 is 1.03. The normalized spacial score (nSPS) is 39.9. The van der Waals surface area contributed by atoms with Gasteiger partial charge in [0.05, 0.1) is 12.6 Å². The molecule has 0 saturated carbocycles. The van der Waals surface area contributed by atoms with Gasteiger partial charge in [-0.1, -0.05) is 0 Å². The SMILES string of the molecule is CC(C)(C)[N+]1(C)CC1CO. The summed E-state index contributed by atoms with van der Waals surface area (Å²) >= 11 is 0. The molecule has 2 heteroatoms. The van der Waals surface area contributed by atoms with E-state index in [1.54, 1.807) is 0 Å². The average molecular weight is 144 g/mol. The van der Waals surface area contributed by atoms with Crippen molar-refractivity contribution < 1.29 is 9.59 Å². The Kier molecular flexibility index (Phi) is 1.57. The van der Waals surface area contributed by atoms with Gasteiger partial charge in [-0.3, -0.25) is 0 Å². The zero-order valence-corrected chi connectivity index (χ0v) is 7.39. The molecule has 1 N–H and O–H groups in total. The largest absolute Gasteiger partial charge is 0.390 e. The molecule has 1 aliphatic rings. The molecule has 0 amide bonds. The van der Waals surface area contributed by atoms with Crippen molar-refractivity contribution in [3.8, 4) is 0 Å². The van der Waals surface area contributed by atoms with E-state index in [-0.39, 0.29) is 0 Å². The van der Waals surface area contributed by atoms with E-state index in [1.165, 1.54) is 0 Å². The Bertz CT molecular complexity index is 139. The topological polar surface area (TPSA) is 20.2 Å². The second kappa shape index (κ2) is 1.95. The van der Waals surface area contributed by atoms with Crippen molar-refractivity contribution in [2.45, 2.75) is 32.4 Å². The lowest BCUT2D eigenvalue weighted by Gasteiger charge is -2.30. The van der Waals surface area contributed by atoms with Crippen molar-refractivity contribution in [3.05, 3.63) is 0 Å². The molecule has 1 rings (SSSR count). The molecule has 2 atom stereocenters. The van der Waals surface area contributed by atoms with E-state index in [4.69, 9.17) is 5.11 Å². The van der Waals surface area contributed by atoms with Crippen LogP contribution >= 0.6 is 0 Å². The number of aliphatic hydroxyl groups excluding tert-OH is 1. The number of likely N-dealkylation sites (N-methyl/N-ethyl adjacent to an activating group) is 1. The molecule has 0 radical (unpaired) electrons. The summed E-state index contributed by atoms with van der Waals surface area (Å²) in [6.45, 7) is 8.15.